The summed E-state index contributed by atoms with van der Waals surface area (Å²) in [5.74, 6) is 0.0608. The van der Waals surface area contributed by atoms with Crippen molar-refractivity contribution in [2.24, 2.45) is 10.2 Å². The van der Waals surface area contributed by atoms with Crippen LogP contribution in [0, 0.1) is 0 Å². The summed E-state index contributed by atoms with van der Waals surface area (Å²) in [5, 5.41) is 7.02. The molecule has 0 saturated carbocycles. The Bertz CT molecular complexity index is 396. The molecule has 0 heterocycles. The van der Waals surface area contributed by atoms with Crippen molar-refractivity contribution in [3.05, 3.63) is 43.0 Å². The van der Waals surface area contributed by atoms with Crippen LogP contribution in [0.4, 0.5) is 5.69 Å². The van der Waals surface area contributed by atoms with E-state index in [-0.39, 0.29) is 5.78 Å². The molecule has 4 nitrogen and oxygen atoms in total. The SMILES string of the molecule is C=C.C=N/N=C\N(C)c1ccc(C(C)=O)cc1. The van der Waals surface area contributed by atoms with Crippen molar-refractivity contribution in [3.63, 3.8) is 0 Å². The van der Waals surface area contributed by atoms with Crippen LogP contribution in [0.2, 0.25) is 0 Å². The van der Waals surface area contributed by atoms with Crippen molar-refractivity contribution >= 4 is 24.5 Å². The largest absolute Gasteiger partial charge is 0.334 e. The second-order valence-electron chi connectivity index (χ2n) is 3.09. The van der Waals surface area contributed by atoms with Crippen LogP contribution in [0.1, 0.15) is 17.3 Å². The molecule has 0 saturated heterocycles. The zero-order valence-corrected chi connectivity index (χ0v) is 10.3. The molecule has 0 spiro atoms. The van der Waals surface area contributed by atoms with E-state index in [0.29, 0.717) is 5.56 Å². The van der Waals surface area contributed by atoms with E-state index in [9.17, 15) is 4.79 Å². The fourth-order valence-corrected chi connectivity index (χ4v) is 1.11. The molecule has 17 heavy (non-hydrogen) atoms. The molecule has 0 atom stereocenters. The summed E-state index contributed by atoms with van der Waals surface area (Å²) in [7, 11) is 1.84. The Morgan fingerprint density at radius 1 is 1.29 bits per heavy atom. The number of anilines is 1. The second kappa shape index (κ2) is 7.98. The number of rotatable bonds is 4. The van der Waals surface area contributed by atoms with Gasteiger partial charge in [-0.1, -0.05) is 0 Å². The van der Waals surface area contributed by atoms with Gasteiger partial charge in [0.2, 0.25) is 0 Å². The molecule has 0 N–H and O–H groups in total. The van der Waals surface area contributed by atoms with Crippen molar-refractivity contribution in [2.75, 3.05) is 11.9 Å². The lowest BCUT2D eigenvalue weighted by atomic mass is 10.1. The van der Waals surface area contributed by atoms with Gasteiger partial charge >= 0.3 is 0 Å². The summed E-state index contributed by atoms with van der Waals surface area (Å²) in [6.45, 7) is 10.8. The third-order valence-corrected chi connectivity index (χ3v) is 1.99. The third kappa shape index (κ3) is 4.88. The van der Waals surface area contributed by atoms with Crippen LogP contribution in [0.15, 0.2) is 47.6 Å². The Morgan fingerprint density at radius 3 is 2.24 bits per heavy atom. The highest BCUT2D eigenvalue weighted by atomic mass is 16.1. The highest BCUT2D eigenvalue weighted by Crippen LogP contribution is 2.12. The lowest BCUT2D eigenvalue weighted by Crippen LogP contribution is -2.13. The summed E-state index contributed by atoms with van der Waals surface area (Å²) in [5.41, 5.74) is 1.64. The van der Waals surface area contributed by atoms with Gasteiger partial charge in [-0.2, -0.15) is 5.10 Å². The van der Waals surface area contributed by atoms with E-state index in [4.69, 9.17) is 0 Å². The van der Waals surface area contributed by atoms with Crippen LogP contribution in [0.3, 0.4) is 0 Å². The maximum Gasteiger partial charge on any atom is 0.159 e. The zero-order valence-electron chi connectivity index (χ0n) is 10.3. The number of ketones is 1. The van der Waals surface area contributed by atoms with Crippen molar-refractivity contribution in [3.8, 4) is 0 Å². The number of carbonyl (C=O) groups excluding carboxylic acids is 1. The third-order valence-electron chi connectivity index (χ3n) is 1.99. The Morgan fingerprint density at radius 2 is 1.82 bits per heavy atom. The Kier molecular flexibility index (Phi) is 6.94. The number of hydrogen-bond donors (Lipinski definition) is 0. The van der Waals surface area contributed by atoms with Gasteiger partial charge in [-0.15, -0.1) is 18.3 Å². The van der Waals surface area contributed by atoms with Gasteiger partial charge in [0.15, 0.2) is 5.78 Å². The van der Waals surface area contributed by atoms with Gasteiger partial charge in [0, 0.05) is 25.0 Å². The average Bonchev–Trinajstić information content (AvgIpc) is 2.38. The van der Waals surface area contributed by atoms with Gasteiger partial charge in [0.1, 0.15) is 6.34 Å². The fourth-order valence-electron chi connectivity index (χ4n) is 1.11. The molecule has 4 heteroatoms. The minimum atomic E-state index is 0.0608. The van der Waals surface area contributed by atoms with Crippen LogP contribution < -0.4 is 4.90 Å². The van der Waals surface area contributed by atoms with Crippen LogP contribution in [0.5, 0.6) is 0 Å². The Balaban J connectivity index is 0.00000121. The molecule has 0 aromatic heterocycles. The van der Waals surface area contributed by atoms with Crippen molar-refractivity contribution in [1.29, 1.82) is 0 Å². The first-order valence-electron chi connectivity index (χ1n) is 4.98. The molecule has 0 unspecified atom stereocenters. The van der Waals surface area contributed by atoms with Gasteiger partial charge in [0.25, 0.3) is 0 Å². The van der Waals surface area contributed by atoms with E-state index in [2.05, 4.69) is 30.1 Å². The van der Waals surface area contributed by atoms with Gasteiger partial charge in [-0.25, -0.2) is 0 Å². The molecule has 1 aromatic rings. The Hall–Kier alpha value is -2.23. The molecule has 0 amide bonds. The highest BCUT2D eigenvalue weighted by Gasteiger charge is 2.00. The molecule has 0 bridgehead atoms. The topological polar surface area (TPSA) is 45.0 Å². The van der Waals surface area contributed by atoms with Crippen LogP contribution in [-0.2, 0) is 0 Å². The number of hydrogen-bond acceptors (Lipinski definition) is 3. The van der Waals surface area contributed by atoms with Gasteiger partial charge in [-0.3, -0.25) is 4.79 Å². The second-order valence-corrected chi connectivity index (χ2v) is 3.09. The fraction of sp³-hybridized carbons (Fsp3) is 0.154. The van der Waals surface area contributed by atoms with E-state index < -0.39 is 0 Å². The summed E-state index contributed by atoms with van der Waals surface area (Å²) in [4.78, 5) is 12.8. The average molecular weight is 231 g/mol. The standard InChI is InChI=1S/C11H13N3O.C2H4/c1-9(15)10-4-6-11(7-5-10)14(3)8-13-12-2;1-2/h4-8H,2H2,1,3H3;1-2H2/b13-8-;. The van der Waals surface area contributed by atoms with Crippen LogP contribution in [-0.4, -0.2) is 25.9 Å². The maximum absolute atomic E-state index is 11.0. The van der Waals surface area contributed by atoms with E-state index in [1.54, 1.807) is 30.3 Å². The molecule has 1 rings (SSSR count). The molecule has 0 aliphatic rings. The van der Waals surface area contributed by atoms with Crippen LogP contribution in [0.25, 0.3) is 0 Å². The molecule has 0 radical (unpaired) electrons. The van der Waals surface area contributed by atoms with Crippen LogP contribution >= 0.6 is 0 Å². The molecule has 90 valence electrons. The molecular weight excluding hydrogens is 214 g/mol. The molecule has 0 aliphatic carbocycles. The number of benzene rings is 1. The minimum Gasteiger partial charge on any atom is -0.334 e. The van der Waals surface area contributed by atoms with Crippen molar-refractivity contribution in [2.45, 2.75) is 6.92 Å². The maximum atomic E-state index is 11.0. The van der Waals surface area contributed by atoms with Crippen molar-refractivity contribution < 1.29 is 4.79 Å². The molecule has 1 aromatic carbocycles. The zero-order chi connectivity index (χ0) is 13.3. The number of carbonyl (C=O) groups is 1. The first-order chi connectivity index (χ1) is 8.15. The highest BCUT2D eigenvalue weighted by molar-refractivity contribution is 5.94. The number of nitrogens with zero attached hydrogens (tertiary/aromatic N) is 3. The predicted octanol–water partition coefficient (Wildman–Crippen LogP) is 2.77. The first-order valence-corrected chi connectivity index (χ1v) is 4.98. The lowest BCUT2D eigenvalue weighted by Gasteiger charge is -2.12. The Labute approximate surface area is 102 Å². The smallest absolute Gasteiger partial charge is 0.159 e. The monoisotopic (exact) mass is 231 g/mol. The van der Waals surface area contributed by atoms with Crippen molar-refractivity contribution in [1.82, 2.24) is 0 Å². The molecular formula is C13H17N3O. The number of Topliss-reactive ketones (excluding diaryl/α,β-unsaturated/α-hetero) is 1. The summed E-state index contributed by atoms with van der Waals surface area (Å²) in [6.07, 6.45) is 1.55. The lowest BCUT2D eigenvalue weighted by molar-refractivity contribution is 0.101. The summed E-state index contributed by atoms with van der Waals surface area (Å²) < 4.78 is 0. The van der Waals surface area contributed by atoms with Gasteiger partial charge in [-0.05, 0) is 31.2 Å². The quantitative estimate of drug-likeness (QED) is 0.263. The summed E-state index contributed by atoms with van der Waals surface area (Å²) >= 11 is 0. The summed E-state index contributed by atoms with van der Waals surface area (Å²) in [6, 6.07) is 7.27. The van der Waals surface area contributed by atoms with E-state index in [1.807, 2.05) is 19.2 Å². The van der Waals surface area contributed by atoms with E-state index >= 15 is 0 Å². The normalized spacial score (nSPS) is 9.29. The van der Waals surface area contributed by atoms with Gasteiger partial charge in [0.05, 0.1) is 0 Å². The molecule has 0 fully saturated rings. The molecule has 0 aliphatic heterocycles. The van der Waals surface area contributed by atoms with E-state index in [0.717, 1.165) is 5.69 Å². The van der Waals surface area contributed by atoms with Gasteiger partial charge < -0.3 is 4.90 Å². The first kappa shape index (κ1) is 14.8. The minimum absolute atomic E-state index is 0.0608. The predicted molar refractivity (Wildman–Crippen MR) is 74.1 cm³/mol. The van der Waals surface area contributed by atoms with E-state index in [1.165, 1.54) is 0 Å².